The highest BCUT2D eigenvalue weighted by molar-refractivity contribution is 6.36. The Labute approximate surface area is 167 Å². The maximum atomic E-state index is 14.7. The van der Waals surface area contributed by atoms with Gasteiger partial charge in [0.15, 0.2) is 11.6 Å². The first-order valence-corrected chi connectivity index (χ1v) is 9.46. The van der Waals surface area contributed by atoms with Crippen molar-refractivity contribution < 1.29 is 23.5 Å². The molecule has 9 heteroatoms. The van der Waals surface area contributed by atoms with Crippen LogP contribution in [0.4, 0.5) is 10.2 Å². The van der Waals surface area contributed by atoms with Crippen LogP contribution in [0.5, 0.6) is 0 Å². The first kappa shape index (κ1) is 21.8. The van der Waals surface area contributed by atoms with Gasteiger partial charge >= 0.3 is 5.97 Å². The van der Waals surface area contributed by atoms with Gasteiger partial charge in [-0.05, 0) is 25.8 Å². The van der Waals surface area contributed by atoms with E-state index in [2.05, 4.69) is 10.3 Å². The molecule has 1 aliphatic rings. The lowest BCUT2D eigenvalue weighted by molar-refractivity contribution is -0.138. The molecule has 0 bridgehead atoms. The van der Waals surface area contributed by atoms with E-state index in [9.17, 15) is 18.8 Å². The van der Waals surface area contributed by atoms with Gasteiger partial charge in [0, 0.05) is 26.1 Å². The van der Waals surface area contributed by atoms with E-state index in [4.69, 9.17) is 16.3 Å². The number of pyridine rings is 1. The van der Waals surface area contributed by atoms with Crippen LogP contribution in [0.25, 0.3) is 0 Å². The summed E-state index contributed by atoms with van der Waals surface area (Å²) in [5, 5.41) is 2.58. The number of carbonyl (C=O) groups excluding carboxylic acids is 3. The van der Waals surface area contributed by atoms with E-state index in [1.165, 1.54) is 13.0 Å². The average molecular weight is 412 g/mol. The number of halogens is 2. The van der Waals surface area contributed by atoms with Crippen LogP contribution >= 0.6 is 11.6 Å². The lowest BCUT2D eigenvalue weighted by Crippen LogP contribution is -2.36. The number of nitrogens with zero attached hydrogens (tertiary/aromatic N) is 2. The van der Waals surface area contributed by atoms with Gasteiger partial charge in [-0.2, -0.15) is 0 Å². The minimum absolute atomic E-state index is 0.00607. The number of ether oxygens (including phenoxy) is 1. The van der Waals surface area contributed by atoms with E-state index < -0.39 is 17.6 Å². The van der Waals surface area contributed by atoms with Crippen LogP contribution in [0.1, 0.15) is 44.0 Å². The van der Waals surface area contributed by atoms with Gasteiger partial charge in [0.05, 0.1) is 12.2 Å². The molecule has 1 amide bonds. The molecular formula is C19H23ClFN3O4. The third kappa shape index (κ3) is 5.07. The molecule has 1 aromatic heterocycles. The molecule has 1 aliphatic heterocycles. The molecule has 2 heterocycles. The number of hydrogen-bond acceptors (Lipinski definition) is 6. The third-order valence-corrected chi connectivity index (χ3v) is 4.49. The molecule has 28 heavy (non-hydrogen) atoms. The molecule has 1 atom stereocenters. The quantitative estimate of drug-likeness (QED) is 0.185. The lowest BCUT2D eigenvalue weighted by Gasteiger charge is -2.19. The number of nitrogens with one attached hydrogen (secondary N) is 1. The molecule has 1 fully saturated rings. The number of esters is 1. The molecule has 0 saturated carbocycles. The van der Waals surface area contributed by atoms with Crippen molar-refractivity contribution in [3.8, 4) is 0 Å². The van der Waals surface area contributed by atoms with Crippen LogP contribution in [0.15, 0.2) is 17.7 Å². The molecule has 0 aromatic carbocycles. The summed E-state index contributed by atoms with van der Waals surface area (Å²) in [5.41, 5.74) is -0.402. The highest BCUT2D eigenvalue weighted by atomic mass is 35.5. The van der Waals surface area contributed by atoms with Crippen molar-refractivity contribution in [3.63, 3.8) is 0 Å². The Balaban J connectivity index is 2.28. The number of amides is 1. The smallest absolute Gasteiger partial charge is 0.341 e. The van der Waals surface area contributed by atoms with E-state index in [1.807, 2.05) is 0 Å². The number of hydrogen-bond donors (Lipinski definition) is 1. The van der Waals surface area contributed by atoms with Gasteiger partial charge in [-0.15, -0.1) is 0 Å². The molecule has 0 aliphatic carbocycles. The zero-order chi connectivity index (χ0) is 20.8. The fourth-order valence-electron chi connectivity index (χ4n) is 3.02. The van der Waals surface area contributed by atoms with Crippen molar-refractivity contribution >= 4 is 35.1 Å². The molecule has 152 valence electrons. The van der Waals surface area contributed by atoms with Crippen molar-refractivity contribution in [2.75, 3.05) is 24.6 Å². The van der Waals surface area contributed by atoms with Gasteiger partial charge in [0.25, 0.3) is 0 Å². The monoisotopic (exact) mass is 411 g/mol. The fraction of sp³-hybridized carbons (Fsp3) is 0.474. The molecule has 1 saturated heterocycles. The number of aromatic nitrogens is 1. The molecule has 1 N–H and O–H groups in total. The normalized spacial score (nSPS) is 16.8. The summed E-state index contributed by atoms with van der Waals surface area (Å²) in [7, 11) is 0. The standard InChI is InChI=1S/C19H23ClFN3O4/c1-4-6-13(19(27)28-5-2)16(26)14-9-15(21)18(23-17(14)20)24-8-7-12(10-24)22-11(3)25/h6,9,12H,4-5,7-8,10H2,1-3H3,(H,22,25). The topological polar surface area (TPSA) is 88.6 Å². The summed E-state index contributed by atoms with van der Waals surface area (Å²) in [6, 6.07) is 0.878. The predicted octanol–water partition coefficient (Wildman–Crippen LogP) is 2.67. The molecule has 2 rings (SSSR count). The van der Waals surface area contributed by atoms with Crippen LogP contribution < -0.4 is 10.2 Å². The molecule has 0 spiro atoms. The van der Waals surface area contributed by atoms with E-state index >= 15 is 0 Å². The third-order valence-electron chi connectivity index (χ3n) is 4.20. The van der Waals surface area contributed by atoms with Crippen molar-refractivity contribution in [2.45, 2.75) is 39.7 Å². The van der Waals surface area contributed by atoms with Gasteiger partial charge in [0.1, 0.15) is 10.7 Å². The summed E-state index contributed by atoms with van der Waals surface area (Å²) in [4.78, 5) is 41.6. The second kappa shape index (κ2) is 9.64. The molecule has 1 aromatic rings. The van der Waals surface area contributed by atoms with Gasteiger partial charge in [0.2, 0.25) is 11.7 Å². The van der Waals surface area contributed by atoms with E-state index in [1.54, 1.807) is 18.7 Å². The Morgan fingerprint density at radius 3 is 2.75 bits per heavy atom. The SMILES string of the molecule is CCC=C(C(=O)OCC)C(=O)c1cc(F)c(N2CCC(NC(C)=O)C2)nc1Cl. The Morgan fingerprint density at radius 2 is 2.14 bits per heavy atom. The highest BCUT2D eigenvalue weighted by Crippen LogP contribution is 2.28. The average Bonchev–Trinajstić information content (AvgIpc) is 3.08. The first-order valence-electron chi connectivity index (χ1n) is 9.08. The second-order valence-electron chi connectivity index (χ2n) is 6.34. The summed E-state index contributed by atoms with van der Waals surface area (Å²) >= 11 is 6.15. The fourth-order valence-corrected chi connectivity index (χ4v) is 3.24. The zero-order valence-corrected chi connectivity index (χ0v) is 16.8. The van der Waals surface area contributed by atoms with E-state index in [-0.39, 0.29) is 40.7 Å². The Kier molecular flexibility index (Phi) is 7.51. The first-order chi connectivity index (χ1) is 13.3. The lowest BCUT2D eigenvalue weighted by atomic mass is 10.0. The van der Waals surface area contributed by atoms with Crippen LogP contribution in [-0.4, -0.2) is 48.4 Å². The predicted molar refractivity (Wildman–Crippen MR) is 103 cm³/mol. The summed E-state index contributed by atoms with van der Waals surface area (Å²) in [6.07, 6.45) is 2.48. The molecule has 1 unspecified atom stereocenters. The largest absolute Gasteiger partial charge is 0.462 e. The summed E-state index contributed by atoms with van der Waals surface area (Å²) in [5.74, 6) is -2.40. The number of Topliss-reactive ketones (excluding diaryl/α,β-unsaturated/α-hetero) is 1. The Bertz CT molecular complexity index is 813. The summed E-state index contributed by atoms with van der Waals surface area (Å²) < 4.78 is 19.6. The number of rotatable bonds is 7. The van der Waals surface area contributed by atoms with Crippen molar-refractivity contribution in [1.82, 2.24) is 10.3 Å². The Morgan fingerprint density at radius 1 is 1.43 bits per heavy atom. The van der Waals surface area contributed by atoms with Crippen LogP contribution in [0.2, 0.25) is 5.15 Å². The molecular weight excluding hydrogens is 389 g/mol. The highest BCUT2D eigenvalue weighted by Gasteiger charge is 2.29. The van der Waals surface area contributed by atoms with Crippen molar-refractivity contribution in [2.24, 2.45) is 0 Å². The van der Waals surface area contributed by atoms with Crippen LogP contribution in [0.3, 0.4) is 0 Å². The van der Waals surface area contributed by atoms with Gasteiger partial charge in [-0.25, -0.2) is 14.2 Å². The van der Waals surface area contributed by atoms with Crippen LogP contribution in [-0.2, 0) is 14.3 Å². The van der Waals surface area contributed by atoms with Gasteiger partial charge in [-0.3, -0.25) is 9.59 Å². The molecule has 7 nitrogen and oxygen atoms in total. The molecule has 0 radical (unpaired) electrons. The number of ketones is 1. The van der Waals surface area contributed by atoms with Crippen molar-refractivity contribution in [3.05, 3.63) is 34.2 Å². The van der Waals surface area contributed by atoms with Gasteiger partial charge in [-0.1, -0.05) is 24.6 Å². The number of anilines is 1. The zero-order valence-electron chi connectivity index (χ0n) is 16.1. The maximum Gasteiger partial charge on any atom is 0.341 e. The second-order valence-corrected chi connectivity index (χ2v) is 6.70. The maximum absolute atomic E-state index is 14.7. The van der Waals surface area contributed by atoms with Crippen molar-refractivity contribution in [1.29, 1.82) is 0 Å². The minimum Gasteiger partial charge on any atom is -0.462 e. The number of allylic oxidation sites excluding steroid dienone is 1. The van der Waals surface area contributed by atoms with Gasteiger partial charge < -0.3 is 15.0 Å². The Hall–Kier alpha value is -2.48. The van der Waals surface area contributed by atoms with E-state index in [0.717, 1.165) is 6.07 Å². The number of carbonyl (C=O) groups is 3. The van der Waals surface area contributed by atoms with Crippen LogP contribution in [0, 0.1) is 5.82 Å². The van der Waals surface area contributed by atoms with E-state index in [0.29, 0.717) is 25.9 Å². The summed E-state index contributed by atoms with van der Waals surface area (Å²) in [6.45, 7) is 5.79. The minimum atomic E-state index is -0.785.